The maximum absolute atomic E-state index is 12.5. The molecule has 0 spiro atoms. The Morgan fingerprint density at radius 1 is 1.16 bits per heavy atom. The molecule has 166 valence electrons. The molecule has 0 saturated heterocycles. The first-order chi connectivity index (χ1) is 14.7. The predicted octanol–water partition coefficient (Wildman–Crippen LogP) is 3.24. The lowest BCUT2D eigenvalue weighted by Crippen LogP contribution is -2.34. The maximum atomic E-state index is 12.5. The van der Waals surface area contributed by atoms with Gasteiger partial charge in [-0.25, -0.2) is 0 Å². The number of alkyl halides is 3. The molecule has 9 heteroatoms. The first-order valence-corrected chi connectivity index (χ1v) is 9.90. The summed E-state index contributed by atoms with van der Waals surface area (Å²) < 4.78 is 42.6. The number of benzene rings is 2. The molecule has 1 heterocycles. The van der Waals surface area contributed by atoms with Crippen molar-refractivity contribution in [2.24, 2.45) is 0 Å². The van der Waals surface area contributed by atoms with Gasteiger partial charge in [-0.2, -0.15) is 13.2 Å². The van der Waals surface area contributed by atoms with E-state index in [0.717, 1.165) is 10.5 Å². The summed E-state index contributed by atoms with van der Waals surface area (Å²) in [5, 5.41) is 5.44. The minimum atomic E-state index is -4.24. The van der Waals surface area contributed by atoms with Crippen molar-refractivity contribution < 1.29 is 27.5 Å². The normalized spacial score (nSPS) is 15.3. The Bertz CT molecular complexity index is 908. The van der Waals surface area contributed by atoms with Crippen LogP contribution < -0.4 is 15.4 Å². The molecule has 2 amide bonds. The smallest absolute Gasteiger partial charge is 0.401 e. The number of halogens is 3. The van der Waals surface area contributed by atoms with E-state index in [9.17, 15) is 22.8 Å². The van der Waals surface area contributed by atoms with Crippen LogP contribution in [0.3, 0.4) is 0 Å². The van der Waals surface area contributed by atoms with Crippen LogP contribution in [0.1, 0.15) is 22.3 Å². The lowest BCUT2D eigenvalue weighted by atomic mass is 10.1. The van der Waals surface area contributed by atoms with Crippen molar-refractivity contribution in [1.82, 2.24) is 10.2 Å². The van der Waals surface area contributed by atoms with Crippen LogP contribution in [0.15, 0.2) is 48.5 Å². The summed E-state index contributed by atoms with van der Waals surface area (Å²) >= 11 is 0. The Labute approximate surface area is 178 Å². The fourth-order valence-corrected chi connectivity index (χ4v) is 3.33. The number of carbonyl (C=O) groups is 2. The third-order valence-corrected chi connectivity index (χ3v) is 4.78. The van der Waals surface area contributed by atoms with Gasteiger partial charge in [0.15, 0.2) is 6.10 Å². The summed E-state index contributed by atoms with van der Waals surface area (Å²) in [6.45, 7) is -0.538. The minimum Gasteiger partial charge on any atom is -0.480 e. The van der Waals surface area contributed by atoms with E-state index >= 15 is 0 Å². The summed E-state index contributed by atoms with van der Waals surface area (Å²) in [6, 6.07) is 13.9. The van der Waals surface area contributed by atoms with Gasteiger partial charge in [-0.05, 0) is 49.8 Å². The Morgan fingerprint density at radius 3 is 2.68 bits per heavy atom. The van der Waals surface area contributed by atoms with Crippen molar-refractivity contribution in [2.75, 3.05) is 32.0 Å². The van der Waals surface area contributed by atoms with Gasteiger partial charge in [-0.15, -0.1) is 0 Å². The highest BCUT2D eigenvalue weighted by Gasteiger charge is 2.29. The zero-order valence-corrected chi connectivity index (χ0v) is 17.0. The monoisotopic (exact) mass is 435 g/mol. The fraction of sp³-hybridized carbons (Fsp3) is 0.364. The Kier molecular flexibility index (Phi) is 7.17. The number of amides is 2. The van der Waals surface area contributed by atoms with Gasteiger partial charge in [-0.3, -0.25) is 14.5 Å². The zero-order chi connectivity index (χ0) is 22.4. The van der Waals surface area contributed by atoms with E-state index in [1.54, 1.807) is 24.3 Å². The second kappa shape index (κ2) is 9.82. The molecule has 1 atom stereocenters. The molecule has 1 aliphatic rings. The summed E-state index contributed by atoms with van der Waals surface area (Å²) in [5.41, 5.74) is 1.77. The van der Waals surface area contributed by atoms with Gasteiger partial charge < -0.3 is 15.4 Å². The van der Waals surface area contributed by atoms with Crippen molar-refractivity contribution in [2.45, 2.75) is 25.1 Å². The number of carbonyl (C=O) groups excluding carboxylic acids is 2. The van der Waals surface area contributed by atoms with Gasteiger partial charge in [0.2, 0.25) is 0 Å². The molecule has 0 fully saturated rings. The molecular formula is C22H24F3N3O3. The van der Waals surface area contributed by atoms with Gasteiger partial charge in [0.1, 0.15) is 5.75 Å². The van der Waals surface area contributed by atoms with E-state index in [0.29, 0.717) is 29.8 Å². The minimum absolute atomic E-state index is 0.208. The lowest BCUT2D eigenvalue weighted by Gasteiger charge is -2.18. The van der Waals surface area contributed by atoms with Crippen LogP contribution in [0.5, 0.6) is 5.75 Å². The third kappa shape index (κ3) is 6.71. The van der Waals surface area contributed by atoms with E-state index in [-0.39, 0.29) is 24.9 Å². The summed E-state index contributed by atoms with van der Waals surface area (Å²) in [7, 11) is 1.38. The molecule has 6 nitrogen and oxygen atoms in total. The maximum Gasteiger partial charge on any atom is 0.401 e. The second-order valence-corrected chi connectivity index (χ2v) is 7.45. The van der Waals surface area contributed by atoms with Crippen molar-refractivity contribution in [3.8, 4) is 5.75 Å². The van der Waals surface area contributed by atoms with E-state index < -0.39 is 18.8 Å². The average Bonchev–Trinajstić information content (AvgIpc) is 3.14. The van der Waals surface area contributed by atoms with Crippen molar-refractivity contribution >= 4 is 17.5 Å². The molecule has 3 rings (SSSR count). The van der Waals surface area contributed by atoms with Crippen molar-refractivity contribution in [3.63, 3.8) is 0 Å². The second-order valence-electron chi connectivity index (χ2n) is 7.45. The number of hydrogen-bond donors (Lipinski definition) is 2. The number of fused-ring (bicyclic) bond motifs is 1. The van der Waals surface area contributed by atoms with Crippen LogP contribution in [0.2, 0.25) is 0 Å². The molecule has 1 unspecified atom stereocenters. The van der Waals surface area contributed by atoms with E-state index in [1.165, 1.54) is 7.05 Å². The topological polar surface area (TPSA) is 70.7 Å². The van der Waals surface area contributed by atoms with Crippen LogP contribution in [0.4, 0.5) is 18.9 Å². The fourth-order valence-electron chi connectivity index (χ4n) is 3.33. The van der Waals surface area contributed by atoms with Crippen LogP contribution in [-0.4, -0.2) is 55.7 Å². The summed E-state index contributed by atoms with van der Waals surface area (Å²) in [5.74, 6) is 0.0252. The van der Waals surface area contributed by atoms with Gasteiger partial charge in [0.25, 0.3) is 11.8 Å². The van der Waals surface area contributed by atoms with E-state index in [1.807, 2.05) is 24.3 Å². The van der Waals surface area contributed by atoms with E-state index in [4.69, 9.17) is 4.74 Å². The van der Waals surface area contributed by atoms with Gasteiger partial charge in [0.05, 0.1) is 6.54 Å². The number of ether oxygens (including phenoxy) is 1. The van der Waals surface area contributed by atoms with E-state index in [2.05, 4.69) is 10.6 Å². The molecule has 1 aliphatic heterocycles. The molecule has 31 heavy (non-hydrogen) atoms. The highest BCUT2D eigenvalue weighted by Crippen LogP contribution is 2.28. The van der Waals surface area contributed by atoms with Crippen LogP contribution in [0, 0.1) is 0 Å². The number of rotatable bonds is 8. The Balaban J connectivity index is 1.46. The third-order valence-electron chi connectivity index (χ3n) is 4.78. The largest absolute Gasteiger partial charge is 0.480 e. The molecule has 0 bridgehead atoms. The van der Waals surface area contributed by atoms with Crippen LogP contribution in [-0.2, 0) is 11.2 Å². The molecule has 0 aliphatic carbocycles. The average molecular weight is 435 g/mol. The summed E-state index contributed by atoms with van der Waals surface area (Å²) in [4.78, 5) is 26.0. The number of para-hydroxylation sites is 1. The number of nitrogens with zero attached hydrogens (tertiary/aromatic N) is 1. The standard InChI is InChI=1S/C22H24F3N3O3/c1-28(14-22(23,24)25)11-5-10-26-20(29)16-7-4-8-17(12-16)27-21(30)19-13-15-6-2-3-9-18(15)31-19/h2-4,6-9,12,19H,5,10-11,13-14H2,1H3,(H,26,29)(H,27,30). The first kappa shape index (κ1) is 22.6. The molecule has 0 radical (unpaired) electrons. The highest BCUT2D eigenvalue weighted by atomic mass is 19.4. The molecule has 0 aromatic heterocycles. The SMILES string of the molecule is CN(CCCNC(=O)c1cccc(NC(=O)C2Cc3ccccc3O2)c1)CC(F)(F)F. The lowest BCUT2D eigenvalue weighted by molar-refractivity contribution is -0.143. The molecule has 0 saturated carbocycles. The Morgan fingerprint density at radius 2 is 1.94 bits per heavy atom. The predicted molar refractivity (Wildman–Crippen MR) is 110 cm³/mol. The summed E-state index contributed by atoms with van der Waals surface area (Å²) in [6.07, 6.45) is -4.02. The van der Waals surface area contributed by atoms with Crippen molar-refractivity contribution in [3.05, 3.63) is 59.7 Å². The number of nitrogens with one attached hydrogen (secondary N) is 2. The Hall–Kier alpha value is -3.07. The van der Waals surface area contributed by atoms with Crippen molar-refractivity contribution in [1.29, 1.82) is 0 Å². The molecule has 2 aromatic rings. The number of hydrogen-bond acceptors (Lipinski definition) is 4. The highest BCUT2D eigenvalue weighted by molar-refractivity contribution is 5.98. The zero-order valence-electron chi connectivity index (χ0n) is 17.0. The molecular weight excluding hydrogens is 411 g/mol. The quantitative estimate of drug-likeness (QED) is 0.625. The van der Waals surface area contributed by atoms with Gasteiger partial charge in [-0.1, -0.05) is 24.3 Å². The van der Waals surface area contributed by atoms with Gasteiger partial charge in [0, 0.05) is 24.2 Å². The first-order valence-electron chi connectivity index (χ1n) is 9.90. The molecule has 2 aromatic carbocycles. The molecule has 2 N–H and O–H groups in total. The van der Waals surface area contributed by atoms with Gasteiger partial charge >= 0.3 is 6.18 Å². The van der Waals surface area contributed by atoms with Crippen LogP contribution in [0.25, 0.3) is 0 Å². The number of anilines is 1. The van der Waals surface area contributed by atoms with Crippen LogP contribution >= 0.6 is 0 Å².